The Hall–Kier alpha value is -1.36. The first-order valence-electron chi connectivity index (χ1n) is 6.23. The maximum atomic E-state index is 8.95. The zero-order valence-corrected chi connectivity index (χ0v) is 12.0. The molecule has 0 saturated heterocycles. The van der Waals surface area contributed by atoms with E-state index in [9.17, 15) is 0 Å². The van der Waals surface area contributed by atoms with Crippen LogP contribution in [0.25, 0.3) is 0 Å². The Labute approximate surface area is 109 Å². The number of aromatic nitrogens is 2. The van der Waals surface area contributed by atoms with E-state index in [1.54, 1.807) is 0 Å². The van der Waals surface area contributed by atoms with Crippen LogP contribution in [-0.4, -0.2) is 41.8 Å². The molecule has 0 fully saturated rings. The van der Waals surface area contributed by atoms with Crippen molar-refractivity contribution in [1.29, 1.82) is 0 Å². The Bertz CT molecular complexity index is 387. The lowest BCUT2D eigenvalue weighted by Gasteiger charge is -2.21. The molecule has 0 unspecified atom stereocenters. The van der Waals surface area contributed by atoms with Crippen molar-refractivity contribution in [3.05, 3.63) is 11.9 Å². The Morgan fingerprint density at radius 2 is 2.00 bits per heavy atom. The van der Waals surface area contributed by atoms with Crippen LogP contribution in [0.1, 0.15) is 26.6 Å². The number of anilines is 2. The van der Waals surface area contributed by atoms with Crippen LogP contribution in [-0.2, 0) is 0 Å². The SMILES string of the molecule is Cc1nc(NCC(C)(C)C)cc(N(C)CCO)n1. The lowest BCUT2D eigenvalue weighted by molar-refractivity contribution is 0.304. The van der Waals surface area contributed by atoms with Crippen molar-refractivity contribution in [2.45, 2.75) is 27.7 Å². The highest BCUT2D eigenvalue weighted by molar-refractivity contribution is 5.49. The largest absolute Gasteiger partial charge is 0.395 e. The molecule has 0 aliphatic carbocycles. The molecule has 1 aromatic heterocycles. The summed E-state index contributed by atoms with van der Waals surface area (Å²) in [6.45, 7) is 9.93. The number of nitrogens with one attached hydrogen (secondary N) is 1. The van der Waals surface area contributed by atoms with Gasteiger partial charge in [-0.2, -0.15) is 0 Å². The van der Waals surface area contributed by atoms with Crippen molar-refractivity contribution >= 4 is 11.6 Å². The summed E-state index contributed by atoms with van der Waals surface area (Å²) in [5.41, 5.74) is 0.204. The molecule has 5 heteroatoms. The second-order valence-electron chi connectivity index (χ2n) is 5.72. The second-order valence-corrected chi connectivity index (χ2v) is 5.72. The highest BCUT2D eigenvalue weighted by atomic mass is 16.3. The fraction of sp³-hybridized carbons (Fsp3) is 0.692. The van der Waals surface area contributed by atoms with Crippen molar-refractivity contribution in [2.24, 2.45) is 5.41 Å². The first-order chi connectivity index (χ1) is 8.31. The van der Waals surface area contributed by atoms with Crippen LogP contribution in [0.2, 0.25) is 0 Å². The number of aliphatic hydroxyl groups is 1. The summed E-state index contributed by atoms with van der Waals surface area (Å²) in [5.74, 6) is 2.39. The van der Waals surface area contributed by atoms with Gasteiger partial charge in [-0.3, -0.25) is 0 Å². The molecule has 5 nitrogen and oxygen atoms in total. The summed E-state index contributed by atoms with van der Waals surface area (Å²) in [5, 5.41) is 12.3. The fourth-order valence-electron chi connectivity index (χ4n) is 1.46. The Morgan fingerprint density at radius 1 is 1.33 bits per heavy atom. The molecular weight excluding hydrogens is 228 g/mol. The van der Waals surface area contributed by atoms with Gasteiger partial charge in [-0.05, 0) is 12.3 Å². The topological polar surface area (TPSA) is 61.3 Å². The highest BCUT2D eigenvalue weighted by Crippen LogP contribution is 2.17. The molecule has 0 radical (unpaired) electrons. The molecule has 0 atom stereocenters. The molecule has 18 heavy (non-hydrogen) atoms. The van der Waals surface area contributed by atoms with Gasteiger partial charge in [0.1, 0.15) is 17.5 Å². The molecule has 1 rings (SSSR count). The van der Waals surface area contributed by atoms with Crippen LogP contribution in [0.3, 0.4) is 0 Å². The Balaban J connectivity index is 2.80. The highest BCUT2D eigenvalue weighted by Gasteiger charge is 2.11. The molecule has 0 amide bonds. The van der Waals surface area contributed by atoms with Gasteiger partial charge in [-0.25, -0.2) is 9.97 Å². The number of aryl methyl sites for hydroxylation is 1. The number of likely N-dealkylation sites (N-methyl/N-ethyl adjacent to an activating group) is 1. The van der Waals surface area contributed by atoms with E-state index < -0.39 is 0 Å². The van der Waals surface area contributed by atoms with Crippen molar-refractivity contribution in [2.75, 3.05) is 37.0 Å². The molecule has 0 spiro atoms. The summed E-state index contributed by atoms with van der Waals surface area (Å²) >= 11 is 0. The number of hydrogen-bond acceptors (Lipinski definition) is 5. The number of aliphatic hydroxyl groups excluding tert-OH is 1. The normalized spacial score (nSPS) is 11.4. The van der Waals surface area contributed by atoms with Gasteiger partial charge in [0.2, 0.25) is 0 Å². The molecule has 0 aromatic carbocycles. The molecule has 2 N–H and O–H groups in total. The molecular formula is C13H24N4O. The van der Waals surface area contributed by atoms with Crippen LogP contribution >= 0.6 is 0 Å². The van der Waals surface area contributed by atoms with E-state index in [4.69, 9.17) is 5.11 Å². The third-order valence-electron chi connectivity index (χ3n) is 2.45. The van der Waals surface area contributed by atoms with E-state index in [0.717, 1.165) is 24.0 Å². The number of rotatable bonds is 5. The van der Waals surface area contributed by atoms with Crippen LogP contribution in [0.5, 0.6) is 0 Å². The van der Waals surface area contributed by atoms with Gasteiger partial charge in [0.15, 0.2) is 0 Å². The van der Waals surface area contributed by atoms with Crippen molar-refractivity contribution in [3.8, 4) is 0 Å². The van der Waals surface area contributed by atoms with Gasteiger partial charge in [0, 0.05) is 26.2 Å². The van der Waals surface area contributed by atoms with Crippen LogP contribution in [0.15, 0.2) is 6.07 Å². The molecule has 0 bridgehead atoms. The Morgan fingerprint density at radius 3 is 2.56 bits per heavy atom. The lowest BCUT2D eigenvalue weighted by atomic mass is 9.97. The molecule has 0 saturated carbocycles. The Kier molecular flexibility index (Phi) is 4.90. The minimum Gasteiger partial charge on any atom is -0.395 e. The predicted molar refractivity (Wildman–Crippen MR) is 75.1 cm³/mol. The zero-order valence-electron chi connectivity index (χ0n) is 12.0. The van der Waals surface area contributed by atoms with E-state index in [1.165, 1.54) is 0 Å². The van der Waals surface area contributed by atoms with Crippen molar-refractivity contribution in [3.63, 3.8) is 0 Å². The van der Waals surface area contributed by atoms with E-state index in [1.807, 2.05) is 24.9 Å². The van der Waals surface area contributed by atoms with E-state index in [0.29, 0.717) is 6.54 Å². The average molecular weight is 252 g/mol. The van der Waals surface area contributed by atoms with E-state index >= 15 is 0 Å². The smallest absolute Gasteiger partial charge is 0.134 e. The van der Waals surface area contributed by atoms with Crippen molar-refractivity contribution in [1.82, 2.24) is 9.97 Å². The zero-order chi connectivity index (χ0) is 13.8. The average Bonchev–Trinajstić information content (AvgIpc) is 2.25. The summed E-state index contributed by atoms with van der Waals surface area (Å²) in [7, 11) is 1.91. The van der Waals surface area contributed by atoms with Crippen LogP contribution in [0.4, 0.5) is 11.6 Å². The minimum atomic E-state index is 0.115. The lowest BCUT2D eigenvalue weighted by Crippen LogP contribution is -2.24. The monoisotopic (exact) mass is 252 g/mol. The maximum Gasteiger partial charge on any atom is 0.134 e. The third-order valence-corrected chi connectivity index (χ3v) is 2.45. The minimum absolute atomic E-state index is 0.115. The summed E-state index contributed by atoms with van der Waals surface area (Å²) in [4.78, 5) is 10.6. The van der Waals surface area contributed by atoms with Gasteiger partial charge in [-0.1, -0.05) is 20.8 Å². The first-order valence-corrected chi connectivity index (χ1v) is 6.23. The summed E-state index contributed by atoms with van der Waals surface area (Å²) in [6.07, 6.45) is 0. The molecule has 0 aliphatic rings. The van der Waals surface area contributed by atoms with Gasteiger partial charge >= 0.3 is 0 Å². The predicted octanol–water partition coefficient (Wildman–Crippen LogP) is 1.67. The van der Waals surface area contributed by atoms with E-state index in [-0.39, 0.29) is 12.0 Å². The molecule has 1 aromatic rings. The van der Waals surface area contributed by atoms with Crippen LogP contribution in [0, 0.1) is 12.3 Å². The summed E-state index contributed by atoms with van der Waals surface area (Å²) in [6, 6.07) is 1.91. The fourth-order valence-corrected chi connectivity index (χ4v) is 1.46. The maximum absolute atomic E-state index is 8.95. The van der Waals surface area contributed by atoms with Gasteiger partial charge < -0.3 is 15.3 Å². The second kappa shape index (κ2) is 6.00. The molecule has 0 aliphatic heterocycles. The molecule has 102 valence electrons. The number of hydrogen-bond donors (Lipinski definition) is 2. The first kappa shape index (κ1) is 14.7. The third kappa shape index (κ3) is 4.87. The molecule has 1 heterocycles. The standard InChI is InChI=1S/C13H24N4O/c1-10-15-11(14-9-13(2,3)4)8-12(16-10)17(5)6-7-18/h8,18H,6-7,9H2,1-5H3,(H,14,15,16). The van der Waals surface area contributed by atoms with Gasteiger partial charge in [0.05, 0.1) is 6.61 Å². The quantitative estimate of drug-likeness (QED) is 0.834. The number of nitrogens with zero attached hydrogens (tertiary/aromatic N) is 3. The van der Waals surface area contributed by atoms with Crippen molar-refractivity contribution < 1.29 is 5.11 Å². The summed E-state index contributed by atoms with van der Waals surface area (Å²) < 4.78 is 0. The van der Waals surface area contributed by atoms with Crippen LogP contribution < -0.4 is 10.2 Å². The van der Waals surface area contributed by atoms with Gasteiger partial charge in [0.25, 0.3) is 0 Å². The van der Waals surface area contributed by atoms with E-state index in [2.05, 4.69) is 36.1 Å². The van der Waals surface area contributed by atoms with Gasteiger partial charge in [-0.15, -0.1) is 0 Å².